The number of aryl methyl sites for hydroxylation is 1. The molecule has 1 saturated carbocycles. The highest BCUT2D eigenvalue weighted by atomic mass is 16.6. The van der Waals surface area contributed by atoms with Crippen LogP contribution in [-0.4, -0.2) is 24.7 Å². The smallest absolute Gasteiger partial charge is 0.290 e. The minimum atomic E-state index is -0.435. The van der Waals surface area contributed by atoms with Gasteiger partial charge in [0.25, 0.3) is 5.69 Å². The minimum absolute atomic E-state index is 0.0247. The van der Waals surface area contributed by atoms with Crippen LogP contribution in [0, 0.1) is 17.0 Å². The number of rotatable bonds is 5. The zero-order valence-corrected chi connectivity index (χ0v) is 11.0. The Labute approximate surface area is 115 Å². The summed E-state index contributed by atoms with van der Waals surface area (Å²) in [5.74, 6) is 1.45. The second kappa shape index (κ2) is 4.87. The van der Waals surface area contributed by atoms with Gasteiger partial charge in [-0.05, 0) is 25.8 Å². The monoisotopic (exact) mass is 274 g/mol. The predicted octanol–water partition coefficient (Wildman–Crippen LogP) is 1.84. The minimum Gasteiger partial charge on any atom is -0.363 e. The number of hydrogen-bond acceptors (Lipinski definition) is 6. The van der Waals surface area contributed by atoms with Crippen LogP contribution in [0.25, 0.3) is 0 Å². The lowest BCUT2D eigenvalue weighted by molar-refractivity contribution is -0.385. The molecule has 1 aliphatic rings. The first-order valence-corrected chi connectivity index (χ1v) is 6.38. The average molecular weight is 274 g/mol. The number of nitrogens with zero attached hydrogens (tertiary/aromatic N) is 5. The Kier molecular flexibility index (Phi) is 3.05. The van der Waals surface area contributed by atoms with Gasteiger partial charge in [0.2, 0.25) is 0 Å². The summed E-state index contributed by atoms with van der Waals surface area (Å²) in [4.78, 5) is 14.3. The van der Waals surface area contributed by atoms with E-state index in [9.17, 15) is 10.1 Å². The SMILES string of the molecule is Cc1cc(NCc2nncn2C2CC2)ncc1[N+](=O)[O-]. The fourth-order valence-corrected chi connectivity index (χ4v) is 2.06. The first-order valence-electron chi connectivity index (χ1n) is 6.38. The number of aromatic nitrogens is 4. The van der Waals surface area contributed by atoms with Gasteiger partial charge < -0.3 is 9.88 Å². The van der Waals surface area contributed by atoms with Crippen LogP contribution in [0.4, 0.5) is 11.5 Å². The van der Waals surface area contributed by atoms with Gasteiger partial charge in [-0.1, -0.05) is 0 Å². The van der Waals surface area contributed by atoms with Crippen LogP contribution in [0.2, 0.25) is 0 Å². The third kappa shape index (κ3) is 2.44. The van der Waals surface area contributed by atoms with E-state index < -0.39 is 4.92 Å². The standard InChI is InChI=1S/C12H14N6O2/c1-8-4-11(13-5-10(8)18(19)20)14-6-12-16-15-7-17(12)9-2-3-9/h4-5,7,9H,2-3,6H2,1H3,(H,13,14). The van der Waals surface area contributed by atoms with Crippen molar-refractivity contribution in [3.05, 3.63) is 40.1 Å². The maximum Gasteiger partial charge on any atom is 0.290 e. The van der Waals surface area contributed by atoms with Crippen molar-refractivity contribution in [2.45, 2.75) is 32.4 Å². The molecular weight excluding hydrogens is 260 g/mol. The highest BCUT2D eigenvalue weighted by Crippen LogP contribution is 2.35. The van der Waals surface area contributed by atoms with Gasteiger partial charge in [0.15, 0.2) is 5.82 Å². The molecule has 8 heteroatoms. The van der Waals surface area contributed by atoms with Crippen molar-refractivity contribution in [3.8, 4) is 0 Å². The quantitative estimate of drug-likeness (QED) is 0.659. The van der Waals surface area contributed by atoms with Crippen LogP contribution in [0.1, 0.15) is 30.3 Å². The van der Waals surface area contributed by atoms with Crippen LogP contribution in [-0.2, 0) is 6.54 Å². The lowest BCUT2D eigenvalue weighted by Crippen LogP contribution is -2.08. The predicted molar refractivity (Wildman–Crippen MR) is 71.2 cm³/mol. The summed E-state index contributed by atoms with van der Waals surface area (Å²) in [6.07, 6.45) is 5.34. The van der Waals surface area contributed by atoms with Gasteiger partial charge >= 0.3 is 0 Å². The summed E-state index contributed by atoms with van der Waals surface area (Å²) in [6, 6.07) is 2.18. The lowest BCUT2D eigenvalue weighted by atomic mass is 10.2. The van der Waals surface area contributed by atoms with Gasteiger partial charge in [-0.3, -0.25) is 10.1 Å². The summed E-state index contributed by atoms with van der Waals surface area (Å²) < 4.78 is 2.06. The van der Waals surface area contributed by atoms with Crippen LogP contribution in [0.5, 0.6) is 0 Å². The molecule has 0 aliphatic heterocycles. The first kappa shape index (κ1) is 12.5. The van der Waals surface area contributed by atoms with E-state index in [1.54, 1.807) is 19.3 Å². The van der Waals surface area contributed by atoms with Gasteiger partial charge in [0, 0.05) is 11.6 Å². The van der Waals surface area contributed by atoms with E-state index in [0.717, 1.165) is 5.82 Å². The molecule has 0 spiro atoms. The van der Waals surface area contributed by atoms with Crippen molar-refractivity contribution >= 4 is 11.5 Å². The number of anilines is 1. The summed E-state index contributed by atoms with van der Waals surface area (Å²) in [7, 11) is 0. The number of pyridine rings is 1. The fourth-order valence-electron chi connectivity index (χ4n) is 2.06. The molecule has 2 aromatic rings. The number of hydrogen-bond donors (Lipinski definition) is 1. The van der Waals surface area contributed by atoms with Crippen molar-refractivity contribution in [1.82, 2.24) is 19.7 Å². The van der Waals surface area contributed by atoms with Crippen molar-refractivity contribution < 1.29 is 4.92 Å². The highest BCUT2D eigenvalue weighted by Gasteiger charge is 2.25. The molecule has 3 rings (SSSR count). The molecular formula is C12H14N6O2. The third-order valence-electron chi connectivity index (χ3n) is 3.30. The maximum atomic E-state index is 10.7. The molecule has 0 aromatic carbocycles. The van der Waals surface area contributed by atoms with Gasteiger partial charge in [-0.15, -0.1) is 10.2 Å². The molecule has 1 fully saturated rings. The van der Waals surface area contributed by atoms with Crippen LogP contribution in [0.3, 0.4) is 0 Å². The Morgan fingerprint density at radius 1 is 1.55 bits per heavy atom. The molecule has 2 heterocycles. The van der Waals surface area contributed by atoms with Crippen LogP contribution >= 0.6 is 0 Å². The number of nitro groups is 1. The van der Waals surface area contributed by atoms with Gasteiger partial charge in [-0.2, -0.15) is 0 Å². The van der Waals surface area contributed by atoms with E-state index in [1.165, 1.54) is 19.0 Å². The molecule has 1 N–H and O–H groups in total. The third-order valence-corrected chi connectivity index (χ3v) is 3.30. The Balaban J connectivity index is 1.70. The fraction of sp³-hybridized carbons (Fsp3) is 0.417. The molecule has 0 bridgehead atoms. The van der Waals surface area contributed by atoms with Crippen molar-refractivity contribution in [1.29, 1.82) is 0 Å². The van der Waals surface area contributed by atoms with Crippen molar-refractivity contribution in [3.63, 3.8) is 0 Å². The summed E-state index contributed by atoms with van der Waals surface area (Å²) in [5.41, 5.74) is 0.604. The molecule has 0 unspecified atom stereocenters. The summed E-state index contributed by atoms with van der Waals surface area (Å²) >= 11 is 0. The lowest BCUT2D eigenvalue weighted by Gasteiger charge is -2.07. The Hall–Kier alpha value is -2.51. The highest BCUT2D eigenvalue weighted by molar-refractivity contribution is 5.46. The van der Waals surface area contributed by atoms with Gasteiger partial charge in [0.05, 0.1) is 11.5 Å². The number of nitrogens with one attached hydrogen (secondary N) is 1. The van der Waals surface area contributed by atoms with Crippen LogP contribution < -0.4 is 5.32 Å². The van der Waals surface area contributed by atoms with E-state index in [0.29, 0.717) is 24.0 Å². The zero-order chi connectivity index (χ0) is 14.1. The molecule has 0 radical (unpaired) electrons. The van der Waals surface area contributed by atoms with E-state index in [1.807, 2.05) is 0 Å². The van der Waals surface area contributed by atoms with Gasteiger partial charge in [-0.25, -0.2) is 4.98 Å². The normalized spacial score (nSPS) is 14.2. The first-order chi connectivity index (χ1) is 9.65. The second-order valence-corrected chi connectivity index (χ2v) is 4.85. The topological polar surface area (TPSA) is 98.8 Å². The molecule has 0 amide bonds. The molecule has 0 atom stereocenters. The second-order valence-electron chi connectivity index (χ2n) is 4.85. The summed E-state index contributed by atoms with van der Waals surface area (Å²) in [6.45, 7) is 2.19. The Morgan fingerprint density at radius 3 is 3.00 bits per heavy atom. The Bertz CT molecular complexity index is 649. The van der Waals surface area contributed by atoms with Crippen molar-refractivity contribution in [2.75, 3.05) is 5.32 Å². The van der Waals surface area contributed by atoms with E-state index >= 15 is 0 Å². The molecule has 8 nitrogen and oxygen atoms in total. The van der Waals surface area contributed by atoms with Crippen molar-refractivity contribution in [2.24, 2.45) is 0 Å². The molecule has 1 aliphatic carbocycles. The zero-order valence-electron chi connectivity index (χ0n) is 11.0. The average Bonchev–Trinajstić information content (AvgIpc) is 3.15. The molecule has 2 aromatic heterocycles. The molecule has 20 heavy (non-hydrogen) atoms. The molecule has 104 valence electrons. The van der Waals surface area contributed by atoms with E-state index in [-0.39, 0.29) is 5.69 Å². The van der Waals surface area contributed by atoms with E-state index in [4.69, 9.17) is 0 Å². The van der Waals surface area contributed by atoms with E-state index in [2.05, 4.69) is 25.1 Å². The van der Waals surface area contributed by atoms with Gasteiger partial charge in [0.1, 0.15) is 18.3 Å². The maximum absolute atomic E-state index is 10.7. The Morgan fingerprint density at radius 2 is 2.35 bits per heavy atom. The summed E-state index contributed by atoms with van der Waals surface area (Å²) in [5, 5.41) is 21.8. The largest absolute Gasteiger partial charge is 0.363 e. The van der Waals surface area contributed by atoms with Crippen LogP contribution in [0.15, 0.2) is 18.6 Å². The molecule has 0 saturated heterocycles.